The van der Waals surface area contributed by atoms with E-state index < -0.39 is 0 Å². The second-order valence-electron chi connectivity index (χ2n) is 5.84. The van der Waals surface area contributed by atoms with E-state index in [1.807, 2.05) is 18.2 Å². The molecule has 0 fully saturated rings. The van der Waals surface area contributed by atoms with Gasteiger partial charge in [0.1, 0.15) is 18.1 Å². The number of rotatable bonds is 5. The number of aromatic nitrogens is 2. The van der Waals surface area contributed by atoms with E-state index in [0.29, 0.717) is 17.1 Å². The maximum Gasteiger partial charge on any atom is 0.254 e. The molecule has 2 aromatic carbocycles. The summed E-state index contributed by atoms with van der Waals surface area (Å²) in [6, 6.07) is 10.8. The number of nitrogens with zero attached hydrogens (tertiary/aromatic N) is 2. The molecular weight excluding hydrogens is 327 g/mol. The lowest BCUT2D eigenvalue weighted by atomic mass is 10.2. The maximum absolute atomic E-state index is 14.2. The molecule has 0 aliphatic carbocycles. The highest BCUT2D eigenvalue weighted by atomic mass is 35.5. The van der Waals surface area contributed by atoms with Crippen LogP contribution >= 0.6 is 11.6 Å². The minimum absolute atomic E-state index is 0.278. The Kier molecular flexibility index (Phi) is 4.76. The molecule has 0 bridgehead atoms. The lowest BCUT2D eigenvalue weighted by Crippen LogP contribution is -2.37. The van der Waals surface area contributed by atoms with Crippen LogP contribution in [0, 0.1) is 12.7 Å². The second kappa shape index (κ2) is 6.81. The van der Waals surface area contributed by atoms with Crippen molar-refractivity contribution in [1.82, 2.24) is 4.57 Å². The monoisotopic (exact) mass is 347 g/mol. The smallest absolute Gasteiger partial charge is 0.254 e. The molecule has 126 valence electrons. The van der Waals surface area contributed by atoms with Gasteiger partial charge in [-0.15, -0.1) is 0 Å². The van der Waals surface area contributed by atoms with Crippen molar-refractivity contribution < 1.29 is 13.7 Å². The van der Waals surface area contributed by atoms with Crippen molar-refractivity contribution in [3.63, 3.8) is 0 Å². The van der Waals surface area contributed by atoms with Crippen molar-refractivity contribution in [3.05, 3.63) is 58.6 Å². The van der Waals surface area contributed by atoms with Crippen molar-refractivity contribution in [2.75, 3.05) is 7.11 Å². The van der Waals surface area contributed by atoms with Gasteiger partial charge in [-0.3, -0.25) is 0 Å². The molecule has 0 radical (unpaired) electrons. The number of methoxy groups -OCH3 is 1. The highest BCUT2D eigenvalue weighted by molar-refractivity contribution is 6.31. The van der Waals surface area contributed by atoms with Crippen molar-refractivity contribution >= 4 is 22.6 Å². The summed E-state index contributed by atoms with van der Waals surface area (Å²) in [6.07, 6.45) is 1.02. The SMILES string of the molecule is CCCn1c(C)[n+](Cc2c(F)cccc2Cl)c2ccc(OC)cc21. The minimum atomic E-state index is -0.278. The molecule has 1 heterocycles. The van der Waals surface area contributed by atoms with E-state index in [2.05, 4.69) is 23.0 Å². The van der Waals surface area contributed by atoms with Crippen LogP contribution in [0.25, 0.3) is 11.0 Å². The number of fused-ring (bicyclic) bond motifs is 1. The molecule has 0 aliphatic heterocycles. The predicted molar refractivity (Wildman–Crippen MR) is 94.2 cm³/mol. The van der Waals surface area contributed by atoms with Crippen LogP contribution in [-0.4, -0.2) is 11.7 Å². The number of halogens is 2. The normalized spacial score (nSPS) is 11.2. The summed E-state index contributed by atoms with van der Waals surface area (Å²) >= 11 is 6.22. The minimum Gasteiger partial charge on any atom is -0.497 e. The van der Waals surface area contributed by atoms with Gasteiger partial charge in [-0.2, -0.15) is 0 Å². The Morgan fingerprint density at radius 2 is 2.04 bits per heavy atom. The van der Waals surface area contributed by atoms with Crippen LogP contribution in [0.2, 0.25) is 5.02 Å². The third-order valence-electron chi connectivity index (χ3n) is 4.37. The lowest BCUT2D eigenvalue weighted by Gasteiger charge is -2.05. The number of benzene rings is 2. The fourth-order valence-electron chi connectivity index (χ4n) is 3.12. The van der Waals surface area contributed by atoms with E-state index in [0.717, 1.165) is 35.6 Å². The quantitative estimate of drug-likeness (QED) is 0.621. The molecule has 3 nitrogen and oxygen atoms in total. The molecule has 0 atom stereocenters. The Hall–Kier alpha value is -2.07. The summed E-state index contributed by atoms with van der Waals surface area (Å²) in [6.45, 7) is 5.49. The largest absolute Gasteiger partial charge is 0.497 e. The van der Waals surface area contributed by atoms with Gasteiger partial charge in [0.15, 0.2) is 11.0 Å². The first-order valence-corrected chi connectivity index (χ1v) is 8.44. The van der Waals surface area contributed by atoms with Crippen LogP contribution < -0.4 is 9.30 Å². The van der Waals surface area contributed by atoms with E-state index in [4.69, 9.17) is 16.3 Å². The highest BCUT2D eigenvalue weighted by Gasteiger charge is 2.23. The summed E-state index contributed by atoms with van der Waals surface area (Å²) in [5.41, 5.74) is 2.64. The molecule has 0 aliphatic rings. The Morgan fingerprint density at radius 1 is 1.25 bits per heavy atom. The summed E-state index contributed by atoms with van der Waals surface area (Å²) < 4.78 is 23.9. The lowest BCUT2D eigenvalue weighted by molar-refractivity contribution is -0.669. The van der Waals surface area contributed by atoms with Gasteiger partial charge in [-0.1, -0.05) is 24.6 Å². The molecule has 1 aromatic heterocycles. The van der Waals surface area contributed by atoms with Crippen molar-refractivity contribution in [1.29, 1.82) is 0 Å². The van der Waals surface area contributed by atoms with Crippen LogP contribution in [0.1, 0.15) is 24.7 Å². The van der Waals surface area contributed by atoms with Crippen LogP contribution in [0.15, 0.2) is 36.4 Å². The molecule has 0 amide bonds. The third kappa shape index (κ3) is 2.86. The van der Waals surface area contributed by atoms with Crippen molar-refractivity contribution in [2.24, 2.45) is 0 Å². The van der Waals surface area contributed by atoms with E-state index in [-0.39, 0.29) is 5.82 Å². The molecule has 0 spiro atoms. The Labute approximate surface area is 146 Å². The Bertz CT molecular complexity index is 868. The number of hydrogen-bond acceptors (Lipinski definition) is 1. The number of ether oxygens (including phenoxy) is 1. The number of hydrogen-bond donors (Lipinski definition) is 0. The average molecular weight is 348 g/mol. The first-order valence-electron chi connectivity index (χ1n) is 8.06. The highest BCUT2D eigenvalue weighted by Crippen LogP contribution is 2.24. The summed E-state index contributed by atoms with van der Waals surface area (Å²) in [5, 5.41) is 0.451. The first-order chi connectivity index (χ1) is 11.6. The van der Waals surface area contributed by atoms with Crippen LogP contribution in [0.4, 0.5) is 4.39 Å². The maximum atomic E-state index is 14.2. The van der Waals surface area contributed by atoms with Gasteiger partial charge >= 0.3 is 0 Å². The molecule has 0 saturated heterocycles. The van der Waals surface area contributed by atoms with E-state index in [1.165, 1.54) is 6.07 Å². The van der Waals surface area contributed by atoms with Gasteiger partial charge in [0, 0.05) is 18.6 Å². The Morgan fingerprint density at radius 3 is 2.71 bits per heavy atom. The fourth-order valence-corrected chi connectivity index (χ4v) is 3.34. The van der Waals surface area contributed by atoms with E-state index in [9.17, 15) is 4.39 Å². The molecule has 3 rings (SSSR count). The van der Waals surface area contributed by atoms with Crippen LogP contribution in [0.5, 0.6) is 5.75 Å². The van der Waals surface area contributed by atoms with Gasteiger partial charge in [0.2, 0.25) is 0 Å². The van der Waals surface area contributed by atoms with Crippen LogP contribution in [-0.2, 0) is 13.1 Å². The van der Waals surface area contributed by atoms with Crippen LogP contribution in [0.3, 0.4) is 0 Å². The molecule has 24 heavy (non-hydrogen) atoms. The zero-order valence-corrected chi connectivity index (χ0v) is 14.9. The molecule has 0 N–H and O–H groups in total. The Balaban J connectivity index is 2.19. The zero-order chi connectivity index (χ0) is 17.3. The zero-order valence-electron chi connectivity index (χ0n) is 14.1. The summed E-state index contributed by atoms with van der Waals surface area (Å²) in [4.78, 5) is 0. The molecular formula is C19H21ClFN2O+. The van der Waals surface area contributed by atoms with Gasteiger partial charge < -0.3 is 4.74 Å². The van der Waals surface area contributed by atoms with E-state index >= 15 is 0 Å². The van der Waals surface area contributed by atoms with Gasteiger partial charge in [0.25, 0.3) is 5.82 Å². The molecule has 0 saturated carbocycles. The van der Waals surface area contributed by atoms with Gasteiger partial charge in [-0.05, 0) is 30.7 Å². The standard InChI is InChI=1S/C19H21ClFN2O/c1-4-10-22-13(2)23(12-15-16(20)6-5-7-17(15)21)18-9-8-14(24-3)11-19(18)22/h5-9,11H,4,10,12H2,1-3H3/q+1. The predicted octanol–water partition coefficient (Wildman–Crippen LogP) is 4.50. The van der Waals surface area contributed by atoms with Gasteiger partial charge in [0.05, 0.1) is 18.7 Å². The number of aryl methyl sites for hydroxylation is 1. The van der Waals surface area contributed by atoms with E-state index in [1.54, 1.807) is 19.2 Å². The fraction of sp³-hybridized carbons (Fsp3) is 0.316. The molecule has 0 unspecified atom stereocenters. The van der Waals surface area contributed by atoms with Crippen molar-refractivity contribution in [2.45, 2.75) is 33.4 Å². The summed E-state index contributed by atoms with van der Waals surface area (Å²) in [7, 11) is 1.66. The topological polar surface area (TPSA) is 18.0 Å². The average Bonchev–Trinajstić information content (AvgIpc) is 2.83. The molecule has 5 heteroatoms. The summed E-state index contributed by atoms with van der Waals surface area (Å²) in [5.74, 6) is 1.60. The molecule has 3 aromatic rings. The first kappa shape index (κ1) is 16.8. The third-order valence-corrected chi connectivity index (χ3v) is 4.72. The second-order valence-corrected chi connectivity index (χ2v) is 6.25. The number of imidazole rings is 1. The van der Waals surface area contributed by atoms with Crippen molar-refractivity contribution in [3.8, 4) is 5.75 Å². The van der Waals surface area contributed by atoms with Gasteiger partial charge in [-0.25, -0.2) is 13.5 Å².